The molecule has 6 heteroatoms. The Bertz CT molecular complexity index is 898. The van der Waals surface area contributed by atoms with Gasteiger partial charge in [-0.05, 0) is 39.0 Å². The highest BCUT2D eigenvalue weighted by Crippen LogP contribution is 2.23. The standard InChI is InChI=1S/C18H18N4O2/c1-12-6-8-16(9-7-12)22-14(3)17(13(2)20-22)19-18(23)15-5-4-10-21(24)11-15/h4-11H,1-3H3,(H,19,23). The zero-order valence-corrected chi connectivity index (χ0v) is 13.8. The van der Waals surface area contributed by atoms with Gasteiger partial charge in [-0.1, -0.05) is 17.7 Å². The lowest BCUT2D eigenvalue weighted by Crippen LogP contribution is -2.27. The maximum Gasteiger partial charge on any atom is 0.261 e. The number of rotatable bonds is 3. The molecule has 0 bridgehead atoms. The van der Waals surface area contributed by atoms with Crippen molar-refractivity contribution in [2.45, 2.75) is 20.8 Å². The lowest BCUT2D eigenvalue weighted by Gasteiger charge is -2.07. The maximum atomic E-state index is 12.4. The molecular formula is C18H18N4O2. The van der Waals surface area contributed by atoms with Crippen LogP contribution in [0.2, 0.25) is 0 Å². The van der Waals surface area contributed by atoms with Crippen LogP contribution >= 0.6 is 0 Å². The molecule has 2 aromatic heterocycles. The fourth-order valence-corrected chi connectivity index (χ4v) is 2.54. The van der Waals surface area contributed by atoms with E-state index in [0.29, 0.717) is 21.7 Å². The zero-order valence-electron chi connectivity index (χ0n) is 13.8. The molecule has 122 valence electrons. The quantitative estimate of drug-likeness (QED) is 0.595. The van der Waals surface area contributed by atoms with Gasteiger partial charge in [0.25, 0.3) is 5.91 Å². The number of pyridine rings is 1. The van der Waals surface area contributed by atoms with E-state index in [1.807, 2.05) is 45.0 Å². The second-order valence-corrected chi connectivity index (χ2v) is 5.70. The molecule has 3 rings (SSSR count). The van der Waals surface area contributed by atoms with Gasteiger partial charge in [0.1, 0.15) is 5.56 Å². The van der Waals surface area contributed by atoms with Crippen LogP contribution < -0.4 is 10.0 Å². The van der Waals surface area contributed by atoms with Crippen molar-refractivity contribution in [2.24, 2.45) is 0 Å². The average molecular weight is 322 g/mol. The third kappa shape index (κ3) is 2.99. The Hall–Kier alpha value is -3.15. The third-order valence-corrected chi connectivity index (χ3v) is 3.85. The van der Waals surface area contributed by atoms with Gasteiger partial charge in [0, 0.05) is 6.07 Å². The van der Waals surface area contributed by atoms with E-state index >= 15 is 0 Å². The Morgan fingerprint density at radius 2 is 1.88 bits per heavy atom. The van der Waals surface area contributed by atoms with Gasteiger partial charge < -0.3 is 10.5 Å². The van der Waals surface area contributed by atoms with Crippen molar-refractivity contribution in [3.63, 3.8) is 0 Å². The summed E-state index contributed by atoms with van der Waals surface area (Å²) in [6, 6.07) is 11.1. The smallest absolute Gasteiger partial charge is 0.261 e. The van der Waals surface area contributed by atoms with Crippen LogP contribution in [0.5, 0.6) is 0 Å². The highest BCUT2D eigenvalue weighted by Gasteiger charge is 2.17. The van der Waals surface area contributed by atoms with Crippen LogP contribution in [0, 0.1) is 26.0 Å². The van der Waals surface area contributed by atoms with Gasteiger partial charge in [0.05, 0.1) is 22.8 Å². The molecule has 2 heterocycles. The topological polar surface area (TPSA) is 73.9 Å². The Morgan fingerprint density at radius 3 is 2.54 bits per heavy atom. The molecule has 0 radical (unpaired) electrons. The first-order chi connectivity index (χ1) is 11.5. The first-order valence-corrected chi connectivity index (χ1v) is 7.59. The average Bonchev–Trinajstić information content (AvgIpc) is 2.84. The highest BCUT2D eigenvalue weighted by molar-refractivity contribution is 6.04. The van der Waals surface area contributed by atoms with Crippen molar-refractivity contribution in [1.82, 2.24) is 9.78 Å². The number of carbonyl (C=O) groups excluding carboxylic acids is 1. The number of nitrogens with one attached hydrogen (secondary N) is 1. The molecule has 0 unspecified atom stereocenters. The summed E-state index contributed by atoms with van der Waals surface area (Å²) in [5.41, 5.74) is 4.60. The fourth-order valence-electron chi connectivity index (χ4n) is 2.54. The number of amides is 1. The van der Waals surface area contributed by atoms with Crippen molar-refractivity contribution >= 4 is 11.6 Å². The Morgan fingerprint density at radius 1 is 1.17 bits per heavy atom. The Kier molecular flexibility index (Phi) is 4.04. The van der Waals surface area contributed by atoms with E-state index in [1.165, 1.54) is 24.0 Å². The van der Waals surface area contributed by atoms with E-state index in [1.54, 1.807) is 10.7 Å². The van der Waals surface area contributed by atoms with Crippen LogP contribution in [-0.4, -0.2) is 15.7 Å². The van der Waals surface area contributed by atoms with Gasteiger partial charge >= 0.3 is 0 Å². The second kappa shape index (κ2) is 6.16. The molecule has 0 aliphatic heterocycles. The molecule has 0 fully saturated rings. The van der Waals surface area contributed by atoms with E-state index in [4.69, 9.17) is 0 Å². The van der Waals surface area contributed by atoms with Crippen molar-refractivity contribution in [3.8, 4) is 5.69 Å². The Labute approximate surface area is 140 Å². The first kappa shape index (κ1) is 15.7. The normalized spacial score (nSPS) is 10.6. The molecule has 6 nitrogen and oxygen atoms in total. The van der Waals surface area contributed by atoms with Gasteiger partial charge in [0.2, 0.25) is 0 Å². The number of nitrogens with zero attached hydrogens (tertiary/aromatic N) is 3. The number of benzene rings is 1. The van der Waals surface area contributed by atoms with Crippen LogP contribution in [0.1, 0.15) is 27.3 Å². The first-order valence-electron chi connectivity index (χ1n) is 7.59. The Balaban J connectivity index is 1.92. The minimum absolute atomic E-state index is 0.300. The highest BCUT2D eigenvalue weighted by atomic mass is 16.5. The van der Waals surface area contributed by atoms with E-state index < -0.39 is 0 Å². The molecule has 1 amide bonds. The number of hydrogen-bond donors (Lipinski definition) is 1. The molecule has 3 aromatic rings. The maximum absolute atomic E-state index is 12.4. The molecule has 0 aliphatic rings. The summed E-state index contributed by atoms with van der Waals surface area (Å²) in [5.74, 6) is -0.338. The minimum Gasteiger partial charge on any atom is -0.619 e. The van der Waals surface area contributed by atoms with Crippen molar-refractivity contribution in [2.75, 3.05) is 5.32 Å². The fraction of sp³-hybridized carbons (Fsp3) is 0.167. The van der Waals surface area contributed by atoms with Crippen LogP contribution in [0.15, 0.2) is 48.8 Å². The summed E-state index contributed by atoms with van der Waals surface area (Å²) in [5, 5.41) is 18.7. The molecule has 0 atom stereocenters. The van der Waals surface area contributed by atoms with Gasteiger partial charge in [-0.15, -0.1) is 0 Å². The number of aryl methyl sites for hydroxylation is 2. The monoisotopic (exact) mass is 322 g/mol. The number of carbonyl (C=O) groups is 1. The summed E-state index contributed by atoms with van der Waals surface area (Å²) in [7, 11) is 0. The lowest BCUT2D eigenvalue weighted by atomic mass is 10.2. The molecule has 24 heavy (non-hydrogen) atoms. The summed E-state index contributed by atoms with van der Waals surface area (Å²) < 4.78 is 2.40. The lowest BCUT2D eigenvalue weighted by molar-refractivity contribution is -0.605. The van der Waals surface area contributed by atoms with Crippen LogP contribution in [0.3, 0.4) is 0 Å². The number of aromatic nitrogens is 3. The van der Waals surface area contributed by atoms with Gasteiger partial charge in [-0.2, -0.15) is 9.83 Å². The van der Waals surface area contributed by atoms with E-state index in [0.717, 1.165) is 11.4 Å². The third-order valence-electron chi connectivity index (χ3n) is 3.85. The van der Waals surface area contributed by atoms with Crippen molar-refractivity contribution in [1.29, 1.82) is 0 Å². The zero-order chi connectivity index (χ0) is 17.3. The molecular weight excluding hydrogens is 304 g/mol. The predicted octanol–water partition coefficient (Wildman–Crippen LogP) is 2.68. The molecule has 0 spiro atoms. The minimum atomic E-state index is -0.338. The summed E-state index contributed by atoms with van der Waals surface area (Å²) in [6.45, 7) is 5.76. The second-order valence-electron chi connectivity index (χ2n) is 5.70. The molecule has 0 aliphatic carbocycles. The molecule has 0 saturated heterocycles. The van der Waals surface area contributed by atoms with Crippen molar-refractivity contribution < 1.29 is 9.52 Å². The SMILES string of the molecule is Cc1ccc(-n2nc(C)c(NC(=O)c3ccc[n+]([O-])c3)c2C)cc1. The largest absolute Gasteiger partial charge is 0.619 e. The van der Waals surface area contributed by atoms with Crippen molar-refractivity contribution in [3.05, 3.63) is 76.5 Å². The van der Waals surface area contributed by atoms with Crippen LogP contribution in [-0.2, 0) is 0 Å². The molecule has 1 aromatic carbocycles. The van der Waals surface area contributed by atoms with Gasteiger partial charge in [-0.25, -0.2) is 4.68 Å². The molecule has 1 N–H and O–H groups in total. The summed E-state index contributed by atoms with van der Waals surface area (Å²) >= 11 is 0. The molecule has 0 saturated carbocycles. The van der Waals surface area contributed by atoms with Crippen LogP contribution in [0.4, 0.5) is 5.69 Å². The number of anilines is 1. The van der Waals surface area contributed by atoms with E-state index in [2.05, 4.69) is 10.4 Å². The summed E-state index contributed by atoms with van der Waals surface area (Å²) in [6.07, 6.45) is 2.58. The predicted molar refractivity (Wildman–Crippen MR) is 91.1 cm³/mol. The van der Waals surface area contributed by atoms with Crippen LogP contribution in [0.25, 0.3) is 5.69 Å². The van der Waals surface area contributed by atoms with E-state index in [9.17, 15) is 10.0 Å². The summed E-state index contributed by atoms with van der Waals surface area (Å²) in [4.78, 5) is 12.4. The van der Waals surface area contributed by atoms with Gasteiger partial charge in [0.15, 0.2) is 12.4 Å². The van der Waals surface area contributed by atoms with Gasteiger partial charge in [-0.3, -0.25) is 4.79 Å². The number of hydrogen-bond acceptors (Lipinski definition) is 3. The van der Waals surface area contributed by atoms with E-state index in [-0.39, 0.29) is 5.91 Å².